The predicted octanol–water partition coefficient (Wildman–Crippen LogP) is 2.39. The first-order valence-corrected chi connectivity index (χ1v) is 6.74. The topological polar surface area (TPSA) is 55.6 Å². The summed E-state index contributed by atoms with van der Waals surface area (Å²) in [5.41, 5.74) is 3.13. The zero-order valence-electron chi connectivity index (χ0n) is 11.7. The van der Waals surface area contributed by atoms with Crippen LogP contribution in [0.5, 0.6) is 0 Å². The highest BCUT2D eigenvalue weighted by Crippen LogP contribution is 2.16. The van der Waals surface area contributed by atoms with E-state index < -0.39 is 0 Å². The van der Waals surface area contributed by atoms with Crippen molar-refractivity contribution >= 4 is 17.0 Å². The Bertz CT molecular complexity index is 732. The number of rotatable bonds is 4. The van der Waals surface area contributed by atoms with E-state index in [1.807, 2.05) is 38.2 Å². The molecule has 102 valence electrons. The monoisotopic (exact) mass is 267 g/mol. The second kappa shape index (κ2) is 5.28. The molecular weight excluding hydrogens is 250 g/mol. The van der Waals surface area contributed by atoms with E-state index in [4.69, 9.17) is 0 Å². The van der Waals surface area contributed by atoms with Crippen LogP contribution < -0.4 is 5.32 Å². The number of benzene rings is 1. The third kappa shape index (κ3) is 2.34. The molecule has 5 nitrogen and oxygen atoms in total. The van der Waals surface area contributed by atoms with Crippen LogP contribution in [0.25, 0.3) is 11.0 Å². The Hall–Kier alpha value is -2.43. The molecule has 0 fully saturated rings. The first kappa shape index (κ1) is 12.6. The minimum atomic E-state index is 0.670. The number of aryl methyl sites for hydroxylation is 1. The van der Waals surface area contributed by atoms with Gasteiger partial charge in [0.15, 0.2) is 0 Å². The zero-order chi connectivity index (χ0) is 13.9. The fourth-order valence-corrected chi connectivity index (χ4v) is 2.25. The molecule has 0 spiro atoms. The Labute approximate surface area is 117 Å². The largest absolute Gasteiger partial charge is 0.354 e. The summed E-state index contributed by atoms with van der Waals surface area (Å²) in [7, 11) is 2.04. The van der Waals surface area contributed by atoms with Crippen molar-refractivity contribution in [1.82, 2.24) is 19.5 Å². The highest BCUT2D eigenvalue weighted by atomic mass is 15.1. The summed E-state index contributed by atoms with van der Waals surface area (Å²) >= 11 is 0. The van der Waals surface area contributed by atoms with Crippen molar-refractivity contribution in [1.29, 1.82) is 0 Å². The fourth-order valence-electron chi connectivity index (χ4n) is 2.25. The Balaban J connectivity index is 1.93. The van der Waals surface area contributed by atoms with Crippen LogP contribution in [0, 0.1) is 0 Å². The van der Waals surface area contributed by atoms with E-state index in [0.29, 0.717) is 12.4 Å². The lowest BCUT2D eigenvalue weighted by Gasteiger charge is -2.05. The van der Waals surface area contributed by atoms with Crippen molar-refractivity contribution in [3.63, 3.8) is 0 Å². The van der Waals surface area contributed by atoms with Crippen LogP contribution >= 0.6 is 0 Å². The third-order valence-corrected chi connectivity index (χ3v) is 3.27. The second-order valence-corrected chi connectivity index (χ2v) is 4.65. The number of aromatic nitrogens is 4. The first-order valence-electron chi connectivity index (χ1n) is 6.74. The van der Waals surface area contributed by atoms with E-state index in [0.717, 1.165) is 29.1 Å². The average Bonchev–Trinajstić information content (AvgIpc) is 2.77. The molecule has 1 aromatic carbocycles. The lowest BCUT2D eigenvalue weighted by Crippen LogP contribution is -2.05. The van der Waals surface area contributed by atoms with Crippen molar-refractivity contribution in [3.05, 3.63) is 48.0 Å². The third-order valence-electron chi connectivity index (χ3n) is 3.27. The lowest BCUT2D eigenvalue weighted by atomic mass is 10.3. The Morgan fingerprint density at radius 2 is 2.00 bits per heavy atom. The van der Waals surface area contributed by atoms with Crippen LogP contribution in [0.1, 0.15) is 18.4 Å². The standard InChI is InChI=1S/C15H17N5/c1-3-16-15-17-9-8-11(18-15)10-14-19-12-6-4-5-7-13(12)20(14)2/h4-9H,3,10H2,1-2H3,(H,16,17,18). The molecule has 0 aliphatic rings. The minimum Gasteiger partial charge on any atom is -0.354 e. The van der Waals surface area contributed by atoms with Crippen LogP contribution in [-0.4, -0.2) is 26.1 Å². The zero-order valence-corrected chi connectivity index (χ0v) is 11.7. The molecule has 0 bridgehead atoms. The minimum absolute atomic E-state index is 0.670. The average molecular weight is 267 g/mol. The molecule has 0 radical (unpaired) electrons. The highest BCUT2D eigenvalue weighted by molar-refractivity contribution is 5.75. The molecule has 0 amide bonds. The predicted molar refractivity (Wildman–Crippen MR) is 79.7 cm³/mol. The van der Waals surface area contributed by atoms with Gasteiger partial charge in [-0.3, -0.25) is 0 Å². The quantitative estimate of drug-likeness (QED) is 0.788. The summed E-state index contributed by atoms with van der Waals surface area (Å²) in [6, 6.07) is 10.1. The van der Waals surface area contributed by atoms with Gasteiger partial charge in [-0.05, 0) is 25.1 Å². The molecule has 0 saturated heterocycles. The molecule has 0 aliphatic carbocycles. The molecule has 2 heterocycles. The smallest absolute Gasteiger partial charge is 0.222 e. The number of fused-ring (bicyclic) bond motifs is 1. The van der Waals surface area contributed by atoms with Crippen molar-refractivity contribution in [2.75, 3.05) is 11.9 Å². The molecule has 3 aromatic rings. The second-order valence-electron chi connectivity index (χ2n) is 4.65. The summed E-state index contributed by atoms with van der Waals surface area (Å²) < 4.78 is 2.12. The number of anilines is 1. The van der Waals surface area contributed by atoms with Gasteiger partial charge in [-0.15, -0.1) is 0 Å². The molecule has 0 aliphatic heterocycles. The maximum absolute atomic E-state index is 4.67. The lowest BCUT2D eigenvalue weighted by molar-refractivity contribution is 0.829. The molecular formula is C15H17N5. The summed E-state index contributed by atoms with van der Waals surface area (Å²) in [6.07, 6.45) is 2.48. The van der Waals surface area contributed by atoms with E-state index in [1.165, 1.54) is 0 Å². The van der Waals surface area contributed by atoms with E-state index >= 15 is 0 Å². The van der Waals surface area contributed by atoms with Gasteiger partial charge < -0.3 is 9.88 Å². The fraction of sp³-hybridized carbons (Fsp3) is 0.267. The first-order chi connectivity index (χ1) is 9.78. The van der Waals surface area contributed by atoms with Gasteiger partial charge in [0.05, 0.1) is 16.7 Å². The van der Waals surface area contributed by atoms with Crippen molar-refractivity contribution < 1.29 is 0 Å². The number of hydrogen-bond acceptors (Lipinski definition) is 4. The van der Waals surface area contributed by atoms with Crippen molar-refractivity contribution in [2.45, 2.75) is 13.3 Å². The number of imidazole rings is 1. The molecule has 5 heteroatoms. The SMILES string of the molecule is CCNc1nccc(Cc2nc3ccccc3n2C)n1. The van der Waals surface area contributed by atoms with Gasteiger partial charge in [-0.25, -0.2) is 15.0 Å². The van der Waals surface area contributed by atoms with Gasteiger partial charge in [0.1, 0.15) is 5.82 Å². The highest BCUT2D eigenvalue weighted by Gasteiger charge is 2.09. The summed E-state index contributed by atoms with van der Waals surface area (Å²) in [5, 5.41) is 3.13. The van der Waals surface area contributed by atoms with E-state index in [-0.39, 0.29) is 0 Å². The number of nitrogens with one attached hydrogen (secondary N) is 1. The molecule has 1 N–H and O–H groups in total. The van der Waals surface area contributed by atoms with Gasteiger partial charge in [0.25, 0.3) is 0 Å². The van der Waals surface area contributed by atoms with Gasteiger partial charge in [0, 0.05) is 26.2 Å². The number of nitrogens with zero attached hydrogens (tertiary/aromatic N) is 4. The van der Waals surface area contributed by atoms with Crippen LogP contribution in [0.4, 0.5) is 5.95 Å². The Morgan fingerprint density at radius 3 is 2.80 bits per heavy atom. The Kier molecular flexibility index (Phi) is 3.33. The Morgan fingerprint density at radius 1 is 1.15 bits per heavy atom. The molecule has 2 aromatic heterocycles. The summed E-state index contributed by atoms with van der Waals surface area (Å²) in [5.74, 6) is 1.68. The summed E-state index contributed by atoms with van der Waals surface area (Å²) in [6.45, 7) is 2.84. The van der Waals surface area contributed by atoms with Gasteiger partial charge in [0.2, 0.25) is 5.95 Å². The van der Waals surface area contributed by atoms with E-state index in [2.05, 4.69) is 30.9 Å². The summed E-state index contributed by atoms with van der Waals surface area (Å²) in [4.78, 5) is 13.3. The molecule has 20 heavy (non-hydrogen) atoms. The normalized spacial score (nSPS) is 10.9. The maximum Gasteiger partial charge on any atom is 0.222 e. The molecule has 0 unspecified atom stereocenters. The molecule has 0 atom stereocenters. The maximum atomic E-state index is 4.67. The van der Waals surface area contributed by atoms with Crippen LogP contribution in [0.3, 0.4) is 0 Å². The van der Waals surface area contributed by atoms with Gasteiger partial charge >= 0.3 is 0 Å². The van der Waals surface area contributed by atoms with E-state index in [9.17, 15) is 0 Å². The van der Waals surface area contributed by atoms with Gasteiger partial charge in [-0.1, -0.05) is 12.1 Å². The van der Waals surface area contributed by atoms with Crippen molar-refractivity contribution in [3.8, 4) is 0 Å². The number of para-hydroxylation sites is 2. The molecule has 0 saturated carbocycles. The number of hydrogen-bond donors (Lipinski definition) is 1. The molecule has 3 rings (SSSR count). The van der Waals surface area contributed by atoms with E-state index in [1.54, 1.807) is 6.20 Å². The van der Waals surface area contributed by atoms with Crippen molar-refractivity contribution in [2.24, 2.45) is 7.05 Å². The van der Waals surface area contributed by atoms with Crippen LogP contribution in [0.2, 0.25) is 0 Å². The van der Waals surface area contributed by atoms with Gasteiger partial charge in [-0.2, -0.15) is 0 Å². The van der Waals surface area contributed by atoms with Crippen LogP contribution in [0.15, 0.2) is 36.5 Å². The van der Waals surface area contributed by atoms with Crippen LogP contribution in [-0.2, 0) is 13.5 Å².